The molecule has 2 aromatic carbocycles. The number of hydrogen-bond donors (Lipinski definition) is 1. The lowest BCUT2D eigenvalue weighted by Gasteiger charge is -2.06. The monoisotopic (exact) mass is 335 g/mol. The van der Waals surface area contributed by atoms with Gasteiger partial charge in [0.2, 0.25) is 5.89 Å². The average Bonchev–Trinajstić information content (AvgIpc) is 3.02. The van der Waals surface area contributed by atoms with Crippen molar-refractivity contribution in [2.24, 2.45) is 0 Å². The van der Waals surface area contributed by atoms with Gasteiger partial charge in [0, 0.05) is 5.56 Å². The van der Waals surface area contributed by atoms with Gasteiger partial charge in [-0.3, -0.25) is 0 Å². The molecule has 0 saturated carbocycles. The van der Waals surface area contributed by atoms with Crippen LogP contribution in [0.4, 0.5) is 0 Å². The lowest BCUT2D eigenvalue weighted by molar-refractivity contribution is 0.299. The van der Waals surface area contributed by atoms with Crippen LogP contribution in [0.15, 0.2) is 65.1 Å². The number of allylic oxidation sites excluding steroid dienone is 1. The molecule has 4 nitrogen and oxygen atoms in total. The molecule has 0 aliphatic carbocycles. The summed E-state index contributed by atoms with van der Waals surface area (Å²) in [5.41, 5.74) is 3.84. The number of aryl methyl sites for hydroxylation is 1. The molecule has 0 fully saturated rings. The second-order valence-electron chi connectivity index (χ2n) is 5.77. The SMILES string of the molecule is CC(=CCO)c1ccc(OCc2nc(-c3ccccc3)oc2C)cc1. The van der Waals surface area contributed by atoms with Crippen LogP contribution in [0.1, 0.15) is 23.9 Å². The molecule has 0 aliphatic heterocycles. The molecule has 0 aliphatic rings. The highest BCUT2D eigenvalue weighted by Crippen LogP contribution is 2.23. The van der Waals surface area contributed by atoms with Crippen LogP contribution in [-0.2, 0) is 6.61 Å². The van der Waals surface area contributed by atoms with Gasteiger partial charge in [0.25, 0.3) is 0 Å². The molecule has 0 amide bonds. The van der Waals surface area contributed by atoms with E-state index >= 15 is 0 Å². The molecule has 0 unspecified atom stereocenters. The normalized spacial score (nSPS) is 11.6. The zero-order valence-corrected chi connectivity index (χ0v) is 14.4. The molecule has 1 heterocycles. The summed E-state index contributed by atoms with van der Waals surface area (Å²) < 4.78 is 11.6. The summed E-state index contributed by atoms with van der Waals surface area (Å²) in [6, 6.07) is 17.6. The van der Waals surface area contributed by atoms with Gasteiger partial charge in [-0.25, -0.2) is 4.98 Å². The van der Waals surface area contributed by atoms with Crippen LogP contribution in [0.2, 0.25) is 0 Å². The predicted octanol–water partition coefficient (Wildman–Crippen LogP) is 4.62. The van der Waals surface area contributed by atoms with Gasteiger partial charge in [0.1, 0.15) is 23.8 Å². The maximum Gasteiger partial charge on any atom is 0.226 e. The fraction of sp³-hybridized carbons (Fsp3) is 0.190. The number of hydrogen-bond acceptors (Lipinski definition) is 4. The minimum absolute atomic E-state index is 0.0409. The maximum absolute atomic E-state index is 8.96. The Morgan fingerprint density at radius 1 is 1.12 bits per heavy atom. The summed E-state index contributed by atoms with van der Waals surface area (Å²) >= 11 is 0. The van der Waals surface area contributed by atoms with Crippen LogP contribution in [0, 0.1) is 6.92 Å². The number of ether oxygens (including phenoxy) is 1. The summed E-state index contributed by atoms with van der Waals surface area (Å²) in [5.74, 6) is 2.14. The molecule has 1 aromatic heterocycles. The summed E-state index contributed by atoms with van der Waals surface area (Å²) in [4.78, 5) is 4.54. The summed E-state index contributed by atoms with van der Waals surface area (Å²) in [6.07, 6.45) is 1.78. The van der Waals surface area contributed by atoms with E-state index in [0.29, 0.717) is 12.5 Å². The molecule has 0 atom stereocenters. The van der Waals surface area contributed by atoms with Crippen LogP contribution in [0.3, 0.4) is 0 Å². The molecule has 0 spiro atoms. The van der Waals surface area contributed by atoms with Crippen LogP contribution in [0.25, 0.3) is 17.0 Å². The number of oxazole rings is 1. The molecular weight excluding hydrogens is 314 g/mol. The van der Waals surface area contributed by atoms with Crippen LogP contribution < -0.4 is 4.74 Å². The number of aliphatic hydroxyl groups is 1. The van der Waals surface area contributed by atoms with Gasteiger partial charge in [-0.2, -0.15) is 0 Å². The highest BCUT2D eigenvalue weighted by Gasteiger charge is 2.11. The molecule has 4 heteroatoms. The molecule has 0 bridgehead atoms. The van der Waals surface area contributed by atoms with Crippen LogP contribution in [-0.4, -0.2) is 16.7 Å². The zero-order valence-electron chi connectivity index (χ0n) is 14.4. The molecule has 3 aromatic rings. The Labute approximate surface area is 147 Å². The first-order valence-corrected chi connectivity index (χ1v) is 8.20. The number of nitrogens with zero attached hydrogens (tertiary/aromatic N) is 1. The topological polar surface area (TPSA) is 55.5 Å². The number of rotatable bonds is 6. The van der Waals surface area contributed by atoms with Crippen molar-refractivity contribution in [2.75, 3.05) is 6.61 Å². The Morgan fingerprint density at radius 3 is 2.52 bits per heavy atom. The smallest absolute Gasteiger partial charge is 0.226 e. The number of benzene rings is 2. The van der Waals surface area contributed by atoms with Gasteiger partial charge in [-0.1, -0.05) is 36.4 Å². The van der Waals surface area contributed by atoms with Gasteiger partial charge < -0.3 is 14.3 Å². The second-order valence-corrected chi connectivity index (χ2v) is 5.77. The van der Waals surface area contributed by atoms with Gasteiger partial charge in [0.15, 0.2) is 0 Å². The second kappa shape index (κ2) is 7.81. The van der Waals surface area contributed by atoms with E-state index in [-0.39, 0.29) is 6.61 Å². The Hall–Kier alpha value is -2.85. The van der Waals surface area contributed by atoms with E-state index < -0.39 is 0 Å². The lowest BCUT2D eigenvalue weighted by atomic mass is 10.1. The van der Waals surface area contributed by atoms with Crippen molar-refractivity contribution in [3.05, 3.63) is 77.7 Å². The fourth-order valence-electron chi connectivity index (χ4n) is 2.49. The first-order chi connectivity index (χ1) is 12.2. The van der Waals surface area contributed by atoms with Gasteiger partial charge in [-0.15, -0.1) is 0 Å². The van der Waals surface area contributed by atoms with Crippen LogP contribution >= 0.6 is 0 Å². The zero-order chi connectivity index (χ0) is 17.6. The minimum atomic E-state index is 0.0409. The molecule has 1 N–H and O–H groups in total. The van der Waals surface area contributed by atoms with Crippen molar-refractivity contribution in [1.82, 2.24) is 4.98 Å². The third-order valence-corrected chi connectivity index (χ3v) is 4.00. The van der Waals surface area contributed by atoms with Crippen molar-refractivity contribution in [3.63, 3.8) is 0 Å². The van der Waals surface area contributed by atoms with E-state index in [1.54, 1.807) is 6.08 Å². The van der Waals surface area contributed by atoms with E-state index in [4.69, 9.17) is 14.3 Å². The third-order valence-electron chi connectivity index (χ3n) is 4.00. The Bertz CT molecular complexity index is 849. The van der Waals surface area contributed by atoms with Crippen molar-refractivity contribution >= 4 is 5.57 Å². The van der Waals surface area contributed by atoms with Crippen molar-refractivity contribution in [2.45, 2.75) is 20.5 Å². The van der Waals surface area contributed by atoms with E-state index in [1.807, 2.05) is 68.4 Å². The third kappa shape index (κ3) is 4.17. The summed E-state index contributed by atoms with van der Waals surface area (Å²) in [5, 5.41) is 8.96. The predicted molar refractivity (Wildman–Crippen MR) is 98.2 cm³/mol. The molecule has 128 valence electrons. The Morgan fingerprint density at radius 2 is 1.84 bits per heavy atom. The Kier molecular flexibility index (Phi) is 5.31. The minimum Gasteiger partial charge on any atom is -0.487 e. The Balaban J connectivity index is 1.68. The van der Waals surface area contributed by atoms with E-state index in [1.165, 1.54) is 0 Å². The summed E-state index contributed by atoms with van der Waals surface area (Å²) in [7, 11) is 0. The van der Waals surface area contributed by atoms with E-state index in [0.717, 1.165) is 33.9 Å². The van der Waals surface area contributed by atoms with Gasteiger partial charge >= 0.3 is 0 Å². The molecule has 0 radical (unpaired) electrons. The summed E-state index contributed by atoms with van der Waals surface area (Å²) in [6.45, 7) is 4.26. The van der Waals surface area contributed by atoms with Gasteiger partial charge in [0.05, 0.1) is 6.61 Å². The average molecular weight is 335 g/mol. The lowest BCUT2D eigenvalue weighted by Crippen LogP contribution is -1.97. The standard InChI is InChI=1S/C21H21NO3/c1-15(12-13-23)17-8-10-19(11-9-17)24-14-20-16(2)25-21(22-20)18-6-4-3-5-7-18/h3-12,23H,13-14H2,1-2H3. The van der Waals surface area contributed by atoms with Gasteiger partial charge in [-0.05, 0) is 49.2 Å². The number of aromatic nitrogens is 1. The largest absolute Gasteiger partial charge is 0.487 e. The highest BCUT2D eigenvalue weighted by atomic mass is 16.5. The molecular formula is C21H21NO3. The maximum atomic E-state index is 8.96. The van der Waals surface area contributed by atoms with E-state index in [2.05, 4.69) is 4.98 Å². The molecule has 0 saturated heterocycles. The van der Waals surface area contributed by atoms with Crippen molar-refractivity contribution < 1.29 is 14.3 Å². The highest BCUT2D eigenvalue weighted by molar-refractivity contribution is 5.64. The van der Waals surface area contributed by atoms with Crippen molar-refractivity contribution in [1.29, 1.82) is 0 Å². The quantitative estimate of drug-likeness (QED) is 0.714. The number of aliphatic hydroxyl groups excluding tert-OH is 1. The molecule has 25 heavy (non-hydrogen) atoms. The van der Waals surface area contributed by atoms with E-state index in [9.17, 15) is 0 Å². The fourth-order valence-corrected chi connectivity index (χ4v) is 2.49. The first-order valence-electron chi connectivity index (χ1n) is 8.20. The van der Waals surface area contributed by atoms with Crippen LogP contribution in [0.5, 0.6) is 5.75 Å². The first kappa shape index (κ1) is 17.0. The molecule has 3 rings (SSSR count). The van der Waals surface area contributed by atoms with Crippen molar-refractivity contribution in [3.8, 4) is 17.2 Å².